The number of hydrogen-bond acceptors (Lipinski definition) is 5. The number of halogens is 1. The average molecular weight is 558 g/mol. The SMILES string of the molecule is Cc1cc(/C(O)=C2/C(=O)C(=O)N(Cc3ccco3)C2c2cccc(OCc3ccccc3)c2)ccc1Br. The number of ketones is 1. The van der Waals surface area contributed by atoms with Crippen LogP contribution >= 0.6 is 15.9 Å². The summed E-state index contributed by atoms with van der Waals surface area (Å²) in [5.41, 5.74) is 3.03. The largest absolute Gasteiger partial charge is 0.507 e. The first-order chi connectivity index (χ1) is 17.9. The van der Waals surface area contributed by atoms with Crippen LogP contribution in [0.4, 0.5) is 0 Å². The summed E-state index contributed by atoms with van der Waals surface area (Å²) in [5.74, 6) is -0.554. The molecule has 1 N–H and O–H groups in total. The van der Waals surface area contributed by atoms with E-state index in [1.165, 1.54) is 11.2 Å². The number of aliphatic hydroxyl groups excluding tert-OH is 1. The van der Waals surface area contributed by atoms with Crippen LogP contribution in [0.5, 0.6) is 5.75 Å². The first kappa shape index (κ1) is 24.6. The predicted molar refractivity (Wildman–Crippen MR) is 143 cm³/mol. The topological polar surface area (TPSA) is 80.0 Å². The number of hydrogen-bond donors (Lipinski definition) is 1. The summed E-state index contributed by atoms with van der Waals surface area (Å²) in [6.07, 6.45) is 1.52. The Morgan fingerprint density at radius 2 is 1.81 bits per heavy atom. The summed E-state index contributed by atoms with van der Waals surface area (Å²) >= 11 is 3.46. The predicted octanol–water partition coefficient (Wildman–Crippen LogP) is 6.55. The summed E-state index contributed by atoms with van der Waals surface area (Å²) in [6, 6.07) is 25.0. The lowest BCUT2D eigenvalue weighted by Gasteiger charge is -2.25. The molecule has 186 valence electrons. The summed E-state index contributed by atoms with van der Waals surface area (Å²) in [6.45, 7) is 2.34. The minimum Gasteiger partial charge on any atom is -0.507 e. The Balaban J connectivity index is 1.57. The second-order valence-electron chi connectivity index (χ2n) is 8.82. The molecule has 2 heterocycles. The summed E-state index contributed by atoms with van der Waals surface area (Å²) < 4.78 is 12.4. The van der Waals surface area contributed by atoms with Gasteiger partial charge in [0, 0.05) is 10.0 Å². The quantitative estimate of drug-likeness (QED) is 0.158. The molecule has 0 saturated carbocycles. The van der Waals surface area contributed by atoms with Gasteiger partial charge in [0.05, 0.1) is 24.4 Å². The Labute approximate surface area is 222 Å². The van der Waals surface area contributed by atoms with Crippen molar-refractivity contribution in [1.29, 1.82) is 0 Å². The second-order valence-corrected chi connectivity index (χ2v) is 9.67. The highest BCUT2D eigenvalue weighted by Gasteiger charge is 2.46. The number of aliphatic hydroxyl groups is 1. The van der Waals surface area contributed by atoms with Crippen LogP contribution in [0.3, 0.4) is 0 Å². The summed E-state index contributed by atoms with van der Waals surface area (Å²) in [7, 11) is 0. The van der Waals surface area contributed by atoms with Crippen molar-refractivity contribution in [3.63, 3.8) is 0 Å². The molecule has 1 atom stereocenters. The Morgan fingerprint density at radius 1 is 1.00 bits per heavy atom. The first-order valence-corrected chi connectivity index (χ1v) is 12.6. The number of Topliss-reactive ketones (excluding diaryl/α,β-unsaturated/α-hetero) is 1. The third-order valence-electron chi connectivity index (χ3n) is 6.30. The zero-order chi connectivity index (χ0) is 25.9. The molecule has 0 aliphatic carbocycles. The highest BCUT2D eigenvalue weighted by atomic mass is 79.9. The van der Waals surface area contributed by atoms with Gasteiger partial charge in [-0.2, -0.15) is 0 Å². The molecule has 6 nitrogen and oxygen atoms in total. The number of ether oxygens (including phenoxy) is 1. The number of carbonyl (C=O) groups is 2. The van der Waals surface area contributed by atoms with Gasteiger partial charge in [0.2, 0.25) is 0 Å². The molecule has 7 heteroatoms. The monoisotopic (exact) mass is 557 g/mol. The number of nitrogens with zero attached hydrogens (tertiary/aromatic N) is 1. The smallest absolute Gasteiger partial charge is 0.296 e. The van der Waals surface area contributed by atoms with Gasteiger partial charge in [0.1, 0.15) is 23.9 Å². The maximum atomic E-state index is 13.3. The lowest BCUT2D eigenvalue weighted by atomic mass is 9.94. The fourth-order valence-corrected chi connectivity index (χ4v) is 4.67. The van der Waals surface area contributed by atoms with Gasteiger partial charge >= 0.3 is 0 Å². The lowest BCUT2D eigenvalue weighted by molar-refractivity contribution is -0.140. The van der Waals surface area contributed by atoms with Crippen LogP contribution in [0.2, 0.25) is 0 Å². The van der Waals surface area contributed by atoms with E-state index in [0.29, 0.717) is 29.2 Å². The van der Waals surface area contributed by atoms with Crippen LogP contribution in [0, 0.1) is 6.92 Å². The van der Waals surface area contributed by atoms with Gasteiger partial charge in [-0.05, 0) is 60.0 Å². The van der Waals surface area contributed by atoms with E-state index in [4.69, 9.17) is 9.15 Å². The van der Waals surface area contributed by atoms with Crippen molar-refractivity contribution in [1.82, 2.24) is 4.90 Å². The molecule has 0 radical (unpaired) electrons. The number of carbonyl (C=O) groups excluding carboxylic acids is 2. The van der Waals surface area contributed by atoms with Gasteiger partial charge in [-0.3, -0.25) is 9.59 Å². The molecule has 1 aliphatic heterocycles. The summed E-state index contributed by atoms with van der Waals surface area (Å²) in [4.78, 5) is 28.0. The minimum absolute atomic E-state index is 0.0264. The van der Waals surface area contributed by atoms with Crippen molar-refractivity contribution in [2.75, 3.05) is 0 Å². The van der Waals surface area contributed by atoms with Crippen molar-refractivity contribution in [2.45, 2.75) is 26.1 Å². The molecule has 1 aliphatic rings. The first-order valence-electron chi connectivity index (χ1n) is 11.8. The highest BCUT2D eigenvalue weighted by Crippen LogP contribution is 2.41. The normalized spacial score (nSPS) is 16.8. The number of benzene rings is 3. The Hall–Kier alpha value is -4.10. The molecule has 1 fully saturated rings. The van der Waals surface area contributed by atoms with Gasteiger partial charge in [-0.1, -0.05) is 64.5 Å². The maximum Gasteiger partial charge on any atom is 0.296 e. The fourth-order valence-electron chi connectivity index (χ4n) is 4.42. The third-order valence-corrected chi connectivity index (χ3v) is 7.19. The zero-order valence-electron chi connectivity index (χ0n) is 20.1. The van der Waals surface area contributed by atoms with Gasteiger partial charge in [-0.15, -0.1) is 0 Å². The molecule has 0 spiro atoms. The van der Waals surface area contributed by atoms with Crippen molar-refractivity contribution >= 4 is 33.4 Å². The molecular formula is C30H24BrNO5. The molecule has 0 bridgehead atoms. The Bertz CT molecular complexity index is 1480. The second kappa shape index (κ2) is 10.5. The van der Waals surface area contributed by atoms with Crippen LogP contribution in [0.15, 0.2) is 106 Å². The standard InChI is InChI=1S/C30H24BrNO5/c1-19-15-22(12-13-25(19)31)28(33)26-27(32(30(35)29(26)34)17-24-11-6-14-36-24)21-9-5-10-23(16-21)37-18-20-7-3-2-4-8-20/h2-16,27,33H,17-18H2,1H3/b28-26-. The van der Waals surface area contributed by atoms with E-state index in [-0.39, 0.29) is 17.9 Å². The average Bonchev–Trinajstić information content (AvgIpc) is 3.52. The Kier molecular flexibility index (Phi) is 6.97. The van der Waals surface area contributed by atoms with E-state index >= 15 is 0 Å². The summed E-state index contributed by atoms with van der Waals surface area (Å²) in [5, 5.41) is 11.3. The van der Waals surface area contributed by atoms with E-state index in [1.54, 1.807) is 36.4 Å². The number of amides is 1. The van der Waals surface area contributed by atoms with E-state index in [1.807, 2.05) is 55.5 Å². The van der Waals surface area contributed by atoms with E-state index < -0.39 is 17.7 Å². The van der Waals surface area contributed by atoms with Crippen molar-refractivity contribution in [2.24, 2.45) is 0 Å². The molecule has 5 rings (SSSR count). The van der Waals surface area contributed by atoms with Crippen LogP contribution in [-0.2, 0) is 22.7 Å². The molecule has 4 aromatic rings. The van der Waals surface area contributed by atoms with E-state index in [2.05, 4.69) is 15.9 Å². The van der Waals surface area contributed by atoms with Gasteiger partial charge in [0.15, 0.2) is 0 Å². The lowest BCUT2D eigenvalue weighted by Crippen LogP contribution is -2.29. The van der Waals surface area contributed by atoms with Gasteiger partial charge in [-0.25, -0.2) is 0 Å². The number of furan rings is 1. The highest BCUT2D eigenvalue weighted by molar-refractivity contribution is 9.10. The molecule has 37 heavy (non-hydrogen) atoms. The van der Waals surface area contributed by atoms with Crippen LogP contribution < -0.4 is 4.74 Å². The Morgan fingerprint density at radius 3 is 2.54 bits per heavy atom. The number of rotatable bonds is 7. The molecule has 1 saturated heterocycles. The molecular weight excluding hydrogens is 534 g/mol. The molecule has 1 aromatic heterocycles. The van der Waals surface area contributed by atoms with Crippen LogP contribution in [-0.4, -0.2) is 21.7 Å². The fraction of sp³-hybridized carbons (Fsp3) is 0.133. The third kappa shape index (κ3) is 5.08. The van der Waals surface area contributed by atoms with Crippen LogP contribution in [0.1, 0.15) is 34.1 Å². The van der Waals surface area contributed by atoms with E-state index in [9.17, 15) is 14.7 Å². The molecule has 1 unspecified atom stereocenters. The van der Waals surface area contributed by atoms with Gasteiger partial charge < -0.3 is 19.2 Å². The molecule has 3 aromatic carbocycles. The maximum absolute atomic E-state index is 13.3. The minimum atomic E-state index is -0.825. The van der Waals surface area contributed by atoms with Crippen LogP contribution in [0.25, 0.3) is 5.76 Å². The van der Waals surface area contributed by atoms with Gasteiger partial charge in [0.25, 0.3) is 11.7 Å². The number of likely N-dealkylation sites (tertiary alicyclic amines) is 1. The van der Waals surface area contributed by atoms with Crippen molar-refractivity contribution in [3.05, 3.63) is 129 Å². The van der Waals surface area contributed by atoms with E-state index in [0.717, 1.165) is 15.6 Å². The zero-order valence-corrected chi connectivity index (χ0v) is 21.6. The number of aryl methyl sites for hydroxylation is 1. The van der Waals surface area contributed by atoms with Crippen molar-refractivity contribution < 1.29 is 23.8 Å². The molecule has 1 amide bonds. The van der Waals surface area contributed by atoms with Crippen molar-refractivity contribution in [3.8, 4) is 5.75 Å².